The van der Waals surface area contributed by atoms with E-state index in [1.807, 2.05) is 36.5 Å². The van der Waals surface area contributed by atoms with Gasteiger partial charge in [-0.1, -0.05) is 51.1 Å². The molecule has 5 nitrogen and oxygen atoms in total. The molecule has 0 saturated carbocycles. The second kappa shape index (κ2) is 8.60. The Labute approximate surface area is 172 Å². The van der Waals surface area contributed by atoms with E-state index in [9.17, 15) is 4.79 Å². The summed E-state index contributed by atoms with van der Waals surface area (Å²) in [6, 6.07) is 14.0. The molecule has 5 heteroatoms. The normalized spacial score (nSPS) is 12.6. The molecule has 1 aromatic heterocycles. The van der Waals surface area contributed by atoms with Crippen molar-refractivity contribution in [2.75, 3.05) is 20.8 Å². The molecule has 29 heavy (non-hydrogen) atoms. The summed E-state index contributed by atoms with van der Waals surface area (Å²) in [5.41, 5.74) is 3.10. The van der Waals surface area contributed by atoms with Crippen LogP contribution in [0, 0.1) is 5.41 Å². The summed E-state index contributed by atoms with van der Waals surface area (Å²) in [7, 11) is 3.28. The van der Waals surface area contributed by atoms with Crippen LogP contribution in [-0.4, -0.2) is 31.7 Å². The van der Waals surface area contributed by atoms with Crippen LogP contribution in [0.4, 0.5) is 0 Å². The number of fused-ring (bicyclic) bond motifs is 1. The van der Waals surface area contributed by atoms with Gasteiger partial charge in [-0.05, 0) is 23.1 Å². The lowest BCUT2D eigenvalue weighted by Gasteiger charge is -2.23. The Kier molecular flexibility index (Phi) is 6.16. The van der Waals surface area contributed by atoms with E-state index in [0.29, 0.717) is 24.5 Å². The van der Waals surface area contributed by atoms with Crippen LogP contribution in [0.5, 0.6) is 11.5 Å². The number of aromatic amines is 1. The molecule has 0 saturated heterocycles. The first-order chi connectivity index (χ1) is 13.8. The molecule has 1 heterocycles. The summed E-state index contributed by atoms with van der Waals surface area (Å²) in [6.45, 7) is 6.67. The molecular formula is C24H30N2O3. The third-order valence-electron chi connectivity index (χ3n) is 5.00. The second-order valence-corrected chi connectivity index (χ2v) is 8.47. The number of H-pyrrole nitrogens is 1. The second-order valence-electron chi connectivity index (χ2n) is 8.47. The molecule has 1 atom stereocenters. The SMILES string of the molecule is COc1cccc(C(CNC(=O)CC(C)(C)C)c2c[nH]c3ccccc23)c1OC. The van der Waals surface area contributed by atoms with E-state index in [1.54, 1.807) is 14.2 Å². The van der Waals surface area contributed by atoms with Gasteiger partial charge in [-0.25, -0.2) is 0 Å². The molecular weight excluding hydrogens is 364 g/mol. The molecule has 0 bridgehead atoms. The van der Waals surface area contributed by atoms with Crippen LogP contribution in [0.3, 0.4) is 0 Å². The first-order valence-corrected chi connectivity index (χ1v) is 9.87. The van der Waals surface area contributed by atoms with Crippen molar-refractivity contribution >= 4 is 16.8 Å². The molecule has 2 aromatic carbocycles. The number of carbonyl (C=O) groups is 1. The zero-order valence-electron chi connectivity index (χ0n) is 17.8. The Morgan fingerprint density at radius 1 is 1.03 bits per heavy atom. The maximum atomic E-state index is 12.5. The molecule has 3 aromatic rings. The van der Waals surface area contributed by atoms with Gasteiger partial charge in [0.15, 0.2) is 11.5 Å². The number of rotatable bonds is 7. The van der Waals surface area contributed by atoms with Crippen LogP contribution in [0.15, 0.2) is 48.7 Å². The molecule has 0 spiro atoms. The number of carbonyl (C=O) groups excluding carboxylic acids is 1. The number of methoxy groups -OCH3 is 2. The van der Waals surface area contributed by atoms with Gasteiger partial charge in [-0.3, -0.25) is 4.79 Å². The molecule has 1 unspecified atom stereocenters. The molecule has 0 aliphatic rings. The minimum atomic E-state index is -0.0832. The average molecular weight is 395 g/mol. The monoisotopic (exact) mass is 394 g/mol. The summed E-state index contributed by atoms with van der Waals surface area (Å²) >= 11 is 0. The van der Waals surface area contributed by atoms with Crippen molar-refractivity contribution in [3.05, 3.63) is 59.8 Å². The molecule has 0 radical (unpaired) electrons. The third-order valence-corrected chi connectivity index (χ3v) is 5.00. The van der Waals surface area contributed by atoms with Gasteiger partial charge in [0.2, 0.25) is 5.91 Å². The summed E-state index contributed by atoms with van der Waals surface area (Å²) in [5, 5.41) is 4.26. The van der Waals surface area contributed by atoms with E-state index >= 15 is 0 Å². The molecule has 0 fully saturated rings. The Hall–Kier alpha value is -2.95. The van der Waals surface area contributed by atoms with Crippen molar-refractivity contribution in [3.8, 4) is 11.5 Å². The predicted octanol–water partition coefficient (Wildman–Crippen LogP) is 4.87. The minimum absolute atomic E-state index is 0.0456. The Morgan fingerprint density at radius 3 is 2.48 bits per heavy atom. The highest BCUT2D eigenvalue weighted by molar-refractivity contribution is 5.84. The maximum absolute atomic E-state index is 12.5. The average Bonchev–Trinajstić information content (AvgIpc) is 3.10. The predicted molar refractivity (Wildman–Crippen MR) is 117 cm³/mol. The molecule has 0 aliphatic carbocycles. The molecule has 2 N–H and O–H groups in total. The summed E-state index contributed by atoms with van der Waals surface area (Å²) in [5.74, 6) is 1.33. The minimum Gasteiger partial charge on any atom is -0.493 e. The standard InChI is InChI=1S/C24H30N2O3/c1-24(2,3)13-22(27)26-15-19(17-10-8-12-21(28-4)23(17)29-5)18-14-25-20-11-7-6-9-16(18)20/h6-12,14,19,25H,13,15H2,1-5H3,(H,26,27). The molecule has 1 amide bonds. The number of hydrogen-bond acceptors (Lipinski definition) is 3. The molecule has 154 valence electrons. The van der Waals surface area contributed by atoms with Crippen molar-refractivity contribution in [3.63, 3.8) is 0 Å². The van der Waals surface area contributed by atoms with E-state index < -0.39 is 0 Å². The number of amides is 1. The van der Waals surface area contributed by atoms with Gasteiger partial charge in [-0.15, -0.1) is 0 Å². The van der Waals surface area contributed by atoms with E-state index in [2.05, 4.69) is 43.2 Å². The lowest BCUT2D eigenvalue weighted by molar-refractivity contribution is -0.122. The van der Waals surface area contributed by atoms with Crippen molar-refractivity contribution in [2.45, 2.75) is 33.1 Å². The third kappa shape index (κ3) is 4.73. The van der Waals surface area contributed by atoms with Gasteiger partial charge in [0.05, 0.1) is 14.2 Å². The number of ether oxygens (including phenoxy) is 2. The van der Waals surface area contributed by atoms with Gasteiger partial charge >= 0.3 is 0 Å². The highest BCUT2D eigenvalue weighted by atomic mass is 16.5. The largest absolute Gasteiger partial charge is 0.493 e. The van der Waals surface area contributed by atoms with Crippen LogP contribution in [-0.2, 0) is 4.79 Å². The molecule has 0 aliphatic heterocycles. The van der Waals surface area contributed by atoms with Gasteiger partial charge in [-0.2, -0.15) is 0 Å². The van der Waals surface area contributed by atoms with Crippen LogP contribution in [0.25, 0.3) is 10.9 Å². The van der Waals surface area contributed by atoms with Crippen LogP contribution >= 0.6 is 0 Å². The number of aromatic nitrogens is 1. The number of hydrogen-bond donors (Lipinski definition) is 2. The van der Waals surface area contributed by atoms with Gasteiger partial charge < -0.3 is 19.8 Å². The zero-order valence-corrected chi connectivity index (χ0v) is 17.8. The fourth-order valence-corrected chi connectivity index (χ4v) is 3.72. The van der Waals surface area contributed by atoms with Crippen LogP contribution < -0.4 is 14.8 Å². The highest BCUT2D eigenvalue weighted by Gasteiger charge is 2.25. The maximum Gasteiger partial charge on any atom is 0.220 e. The first kappa shape index (κ1) is 20.8. The number of nitrogens with one attached hydrogen (secondary N) is 2. The number of para-hydroxylation sites is 2. The zero-order chi connectivity index (χ0) is 21.0. The Balaban J connectivity index is 2.02. The quantitative estimate of drug-likeness (QED) is 0.601. The Bertz CT molecular complexity index is 985. The summed E-state index contributed by atoms with van der Waals surface area (Å²) in [4.78, 5) is 15.9. The summed E-state index contributed by atoms with van der Waals surface area (Å²) in [6.07, 6.45) is 2.49. The highest BCUT2D eigenvalue weighted by Crippen LogP contribution is 2.40. The smallest absolute Gasteiger partial charge is 0.220 e. The van der Waals surface area contributed by atoms with Gasteiger partial charge in [0, 0.05) is 41.5 Å². The van der Waals surface area contributed by atoms with E-state index in [1.165, 1.54) is 0 Å². The van der Waals surface area contributed by atoms with Crippen molar-refractivity contribution in [1.82, 2.24) is 10.3 Å². The lowest BCUT2D eigenvalue weighted by atomic mass is 9.89. The Morgan fingerprint density at radius 2 is 1.79 bits per heavy atom. The molecule has 3 rings (SSSR count). The topological polar surface area (TPSA) is 63.3 Å². The summed E-state index contributed by atoms with van der Waals surface area (Å²) < 4.78 is 11.2. The number of benzene rings is 2. The van der Waals surface area contributed by atoms with Gasteiger partial charge in [0.1, 0.15) is 0 Å². The van der Waals surface area contributed by atoms with Crippen molar-refractivity contribution < 1.29 is 14.3 Å². The fraction of sp³-hybridized carbons (Fsp3) is 0.375. The van der Waals surface area contributed by atoms with Crippen LogP contribution in [0.1, 0.15) is 44.2 Å². The van der Waals surface area contributed by atoms with Crippen molar-refractivity contribution in [2.24, 2.45) is 5.41 Å². The van der Waals surface area contributed by atoms with Gasteiger partial charge in [0.25, 0.3) is 0 Å². The van der Waals surface area contributed by atoms with Crippen molar-refractivity contribution in [1.29, 1.82) is 0 Å². The lowest BCUT2D eigenvalue weighted by Crippen LogP contribution is -2.31. The first-order valence-electron chi connectivity index (χ1n) is 9.87. The fourth-order valence-electron chi connectivity index (χ4n) is 3.72. The van der Waals surface area contributed by atoms with E-state index in [0.717, 1.165) is 22.0 Å². The van der Waals surface area contributed by atoms with E-state index in [-0.39, 0.29) is 17.2 Å². The van der Waals surface area contributed by atoms with E-state index in [4.69, 9.17) is 9.47 Å². The van der Waals surface area contributed by atoms with Crippen LogP contribution in [0.2, 0.25) is 0 Å².